The Hall–Kier alpha value is -0.523. The van der Waals surface area contributed by atoms with Crippen LogP contribution in [0.5, 0.6) is 0 Å². The molecular formula is C28H52O3SSi. The Morgan fingerprint density at radius 2 is 1.97 bits per heavy atom. The molecule has 0 saturated heterocycles. The van der Waals surface area contributed by atoms with E-state index in [0.717, 1.165) is 24.5 Å². The average molecular weight is 497 g/mol. The Morgan fingerprint density at radius 1 is 1.24 bits per heavy atom. The maximum absolute atomic E-state index is 11.6. The second-order valence-corrected chi connectivity index (χ2v) is 17.2. The predicted octanol–water partition coefficient (Wildman–Crippen LogP) is 8.91. The molecule has 0 radical (unpaired) electrons. The number of unbranched alkanes of at least 4 members (excludes halogenated alkanes) is 1. The van der Waals surface area contributed by atoms with Crippen molar-refractivity contribution in [2.24, 2.45) is 11.8 Å². The zero-order valence-electron chi connectivity index (χ0n) is 22.9. The van der Waals surface area contributed by atoms with Crippen LogP contribution in [0.4, 0.5) is 0 Å². The van der Waals surface area contributed by atoms with Gasteiger partial charge in [-0.15, -0.1) is 11.8 Å². The van der Waals surface area contributed by atoms with Crippen molar-refractivity contribution in [1.82, 2.24) is 0 Å². The highest BCUT2D eigenvalue weighted by Crippen LogP contribution is 2.40. The summed E-state index contributed by atoms with van der Waals surface area (Å²) in [5.74, 6) is 2.25. The Balaban J connectivity index is 2.62. The summed E-state index contributed by atoms with van der Waals surface area (Å²) in [6.07, 6.45) is 18.7. The normalized spacial score (nSPS) is 19.0. The number of allylic oxidation sites excluding steroid dienone is 4. The second-order valence-electron chi connectivity index (χ2n) is 11.3. The SMILES string of the molecule is CCCCC(C)CCC=C[C@H]1CCC=C1SCC(CCCC(=O)OC)O[Si](C)(C)C(C)(C)C. The van der Waals surface area contributed by atoms with E-state index in [-0.39, 0.29) is 17.1 Å². The first-order chi connectivity index (χ1) is 15.5. The zero-order chi connectivity index (χ0) is 24.9. The van der Waals surface area contributed by atoms with Gasteiger partial charge in [-0.1, -0.05) is 72.1 Å². The first-order valence-electron chi connectivity index (χ1n) is 13.2. The van der Waals surface area contributed by atoms with Crippen molar-refractivity contribution in [3.05, 3.63) is 23.1 Å². The average Bonchev–Trinajstić information content (AvgIpc) is 3.19. The third-order valence-electron chi connectivity index (χ3n) is 7.27. The van der Waals surface area contributed by atoms with Crippen LogP contribution in [0.25, 0.3) is 0 Å². The third kappa shape index (κ3) is 12.1. The van der Waals surface area contributed by atoms with Crippen molar-refractivity contribution in [1.29, 1.82) is 0 Å². The molecule has 0 aromatic heterocycles. The molecule has 33 heavy (non-hydrogen) atoms. The Labute approximate surface area is 210 Å². The van der Waals surface area contributed by atoms with Crippen molar-refractivity contribution in [3.8, 4) is 0 Å². The molecule has 0 amide bonds. The van der Waals surface area contributed by atoms with Gasteiger partial charge in [0.05, 0.1) is 13.2 Å². The van der Waals surface area contributed by atoms with Crippen LogP contribution in [0.3, 0.4) is 0 Å². The molecule has 0 spiro atoms. The van der Waals surface area contributed by atoms with Gasteiger partial charge in [0.2, 0.25) is 0 Å². The molecule has 3 atom stereocenters. The molecule has 0 fully saturated rings. The number of hydrogen-bond acceptors (Lipinski definition) is 4. The highest BCUT2D eigenvalue weighted by molar-refractivity contribution is 8.03. The number of carbonyl (C=O) groups is 1. The van der Waals surface area contributed by atoms with Crippen LogP contribution >= 0.6 is 11.8 Å². The first kappa shape index (κ1) is 30.5. The lowest BCUT2D eigenvalue weighted by molar-refractivity contribution is -0.140. The van der Waals surface area contributed by atoms with E-state index in [2.05, 4.69) is 65.9 Å². The van der Waals surface area contributed by atoms with Crippen molar-refractivity contribution < 1.29 is 14.0 Å². The zero-order valence-corrected chi connectivity index (χ0v) is 24.7. The maximum atomic E-state index is 11.6. The molecule has 1 rings (SSSR count). The van der Waals surface area contributed by atoms with Crippen LogP contribution < -0.4 is 0 Å². The van der Waals surface area contributed by atoms with Crippen LogP contribution in [0.2, 0.25) is 18.1 Å². The van der Waals surface area contributed by atoms with Gasteiger partial charge in [0.25, 0.3) is 0 Å². The molecule has 0 aromatic carbocycles. The van der Waals surface area contributed by atoms with Crippen LogP contribution in [0.15, 0.2) is 23.1 Å². The molecule has 0 bridgehead atoms. The Morgan fingerprint density at radius 3 is 2.61 bits per heavy atom. The molecule has 5 heteroatoms. The quantitative estimate of drug-likeness (QED) is 0.121. The maximum Gasteiger partial charge on any atom is 0.305 e. The van der Waals surface area contributed by atoms with Gasteiger partial charge in [0.15, 0.2) is 8.32 Å². The molecule has 0 aliphatic heterocycles. The van der Waals surface area contributed by atoms with E-state index in [9.17, 15) is 4.79 Å². The summed E-state index contributed by atoms with van der Waals surface area (Å²) in [5.41, 5.74) is 0. The summed E-state index contributed by atoms with van der Waals surface area (Å²) < 4.78 is 11.6. The highest BCUT2D eigenvalue weighted by atomic mass is 32.2. The number of thioether (sulfide) groups is 1. The lowest BCUT2D eigenvalue weighted by atomic mass is 9.98. The highest BCUT2D eigenvalue weighted by Gasteiger charge is 2.39. The van der Waals surface area contributed by atoms with E-state index in [0.29, 0.717) is 12.3 Å². The Kier molecular flexibility index (Phi) is 14.3. The lowest BCUT2D eigenvalue weighted by Crippen LogP contribution is -2.44. The molecule has 0 heterocycles. The Bertz CT molecular complexity index is 621. The third-order valence-corrected chi connectivity index (χ3v) is 13.1. The molecule has 2 unspecified atom stereocenters. The fourth-order valence-electron chi connectivity index (χ4n) is 3.93. The molecule has 3 nitrogen and oxygen atoms in total. The fraction of sp³-hybridized carbons (Fsp3) is 0.821. The molecule has 0 N–H and O–H groups in total. The van der Waals surface area contributed by atoms with Crippen LogP contribution in [-0.4, -0.2) is 33.3 Å². The van der Waals surface area contributed by atoms with Gasteiger partial charge in [-0.25, -0.2) is 0 Å². The van der Waals surface area contributed by atoms with Gasteiger partial charge in [-0.2, -0.15) is 0 Å². The van der Waals surface area contributed by atoms with E-state index in [1.54, 1.807) is 0 Å². The number of hydrogen-bond donors (Lipinski definition) is 0. The summed E-state index contributed by atoms with van der Waals surface area (Å²) in [6, 6.07) is 0. The number of carbonyl (C=O) groups excluding carboxylic acids is 1. The molecule has 0 saturated carbocycles. The van der Waals surface area contributed by atoms with E-state index < -0.39 is 8.32 Å². The minimum Gasteiger partial charge on any atom is -0.469 e. The number of methoxy groups -OCH3 is 1. The summed E-state index contributed by atoms with van der Waals surface area (Å²) in [5, 5.41) is 0.185. The lowest BCUT2D eigenvalue weighted by Gasteiger charge is -2.39. The van der Waals surface area contributed by atoms with E-state index in [1.807, 2.05) is 11.8 Å². The minimum absolute atomic E-state index is 0.124. The van der Waals surface area contributed by atoms with Gasteiger partial charge in [-0.3, -0.25) is 4.79 Å². The number of esters is 1. The van der Waals surface area contributed by atoms with E-state index >= 15 is 0 Å². The number of ether oxygens (including phenoxy) is 1. The minimum atomic E-state index is -1.86. The van der Waals surface area contributed by atoms with Gasteiger partial charge in [0.1, 0.15) is 0 Å². The fourth-order valence-corrected chi connectivity index (χ4v) is 6.70. The van der Waals surface area contributed by atoms with Crippen LogP contribution in [0, 0.1) is 11.8 Å². The van der Waals surface area contributed by atoms with E-state index in [4.69, 9.17) is 9.16 Å². The molecule has 1 aliphatic carbocycles. The van der Waals surface area contributed by atoms with Gasteiger partial charge in [-0.05, 0) is 67.5 Å². The summed E-state index contributed by atoms with van der Waals surface area (Å²) >= 11 is 1.98. The summed E-state index contributed by atoms with van der Waals surface area (Å²) in [6.45, 7) is 16.2. The van der Waals surface area contributed by atoms with Gasteiger partial charge in [0, 0.05) is 18.1 Å². The molecule has 1 aliphatic rings. The molecule has 192 valence electrons. The molecular weight excluding hydrogens is 444 g/mol. The van der Waals surface area contributed by atoms with Crippen molar-refractivity contribution in [2.45, 2.75) is 123 Å². The van der Waals surface area contributed by atoms with E-state index in [1.165, 1.54) is 57.0 Å². The molecule has 0 aromatic rings. The second kappa shape index (κ2) is 15.5. The largest absolute Gasteiger partial charge is 0.469 e. The van der Waals surface area contributed by atoms with Crippen LogP contribution in [-0.2, 0) is 14.0 Å². The van der Waals surface area contributed by atoms with Crippen molar-refractivity contribution >= 4 is 26.0 Å². The standard InChI is InChI=1S/C28H52O3SSi/c1-9-10-15-23(2)16-11-12-17-24-18-13-20-26(24)32-22-25(19-14-21-27(29)30-6)31-33(7,8)28(3,4)5/h12,17,20,23-25H,9-11,13-16,18-19,21-22H2,1-8H3/t23?,24-,25?/m0/s1. The van der Waals surface area contributed by atoms with Gasteiger partial charge < -0.3 is 9.16 Å². The number of rotatable bonds is 16. The predicted molar refractivity (Wildman–Crippen MR) is 148 cm³/mol. The van der Waals surface area contributed by atoms with Crippen molar-refractivity contribution in [3.63, 3.8) is 0 Å². The summed E-state index contributed by atoms with van der Waals surface area (Å²) in [7, 11) is -0.391. The summed E-state index contributed by atoms with van der Waals surface area (Å²) in [4.78, 5) is 13.1. The van der Waals surface area contributed by atoms with Crippen LogP contribution in [0.1, 0.15) is 98.8 Å². The van der Waals surface area contributed by atoms with Gasteiger partial charge >= 0.3 is 5.97 Å². The first-order valence-corrected chi connectivity index (χ1v) is 17.1. The monoisotopic (exact) mass is 496 g/mol. The topological polar surface area (TPSA) is 35.5 Å². The van der Waals surface area contributed by atoms with Crippen molar-refractivity contribution in [2.75, 3.05) is 12.9 Å². The smallest absolute Gasteiger partial charge is 0.305 e.